The molecule has 1 aromatic rings. The maximum Gasteiger partial charge on any atom is 0.415 e. The van der Waals surface area contributed by atoms with Gasteiger partial charge in [0.1, 0.15) is 11.4 Å². The molecule has 1 amide bonds. The Balaban J connectivity index is 2.04. The largest absolute Gasteiger partial charge is 0.443 e. The second-order valence-electron chi connectivity index (χ2n) is 5.85. The minimum Gasteiger partial charge on any atom is -0.443 e. The van der Waals surface area contributed by atoms with Crippen LogP contribution in [-0.2, 0) is 11.2 Å². The van der Waals surface area contributed by atoms with Crippen molar-refractivity contribution >= 4 is 17.6 Å². The van der Waals surface area contributed by atoms with E-state index in [4.69, 9.17) is 10.5 Å². The number of carbonyl (C=O) groups excluding carboxylic acids is 1. The number of nitrogen functional groups attached to an aromatic ring is 1. The number of amidine groups is 1. The van der Waals surface area contributed by atoms with Gasteiger partial charge in [-0.2, -0.15) is 0 Å². The predicted molar refractivity (Wildman–Crippen MR) is 79.8 cm³/mol. The van der Waals surface area contributed by atoms with Crippen molar-refractivity contribution in [3.63, 3.8) is 0 Å². The number of carbonyl (C=O) groups is 1. The lowest BCUT2D eigenvalue weighted by Crippen LogP contribution is -2.39. The van der Waals surface area contributed by atoms with Crippen molar-refractivity contribution in [1.29, 1.82) is 0 Å². The van der Waals surface area contributed by atoms with Gasteiger partial charge in [0.2, 0.25) is 0 Å². The molecule has 1 aliphatic rings. The van der Waals surface area contributed by atoms with E-state index in [9.17, 15) is 4.79 Å². The van der Waals surface area contributed by atoms with Crippen molar-refractivity contribution in [1.82, 2.24) is 4.90 Å². The number of benzene rings is 1. The van der Waals surface area contributed by atoms with E-state index in [2.05, 4.69) is 4.99 Å². The Kier molecular flexibility index (Phi) is 3.97. The van der Waals surface area contributed by atoms with Crippen LogP contribution in [0, 0.1) is 0 Å². The highest BCUT2D eigenvalue weighted by Crippen LogP contribution is 2.15. The van der Waals surface area contributed by atoms with Gasteiger partial charge in [-0.3, -0.25) is 9.89 Å². The highest BCUT2D eigenvalue weighted by Gasteiger charge is 2.28. The first-order valence-corrected chi connectivity index (χ1v) is 6.73. The number of nitrogens with two attached hydrogens (primary N) is 1. The molecule has 108 valence electrons. The van der Waals surface area contributed by atoms with Crippen LogP contribution >= 0.6 is 0 Å². The van der Waals surface area contributed by atoms with Gasteiger partial charge in [-0.1, -0.05) is 12.1 Å². The van der Waals surface area contributed by atoms with Gasteiger partial charge >= 0.3 is 6.09 Å². The monoisotopic (exact) mass is 275 g/mol. The van der Waals surface area contributed by atoms with E-state index < -0.39 is 5.60 Å². The van der Waals surface area contributed by atoms with Gasteiger partial charge < -0.3 is 10.5 Å². The van der Waals surface area contributed by atoms with Gasteiger partial charge in [-0.05, 0) is 38.5 Å². The minimum absolute atomic E-state index is 0.329. The summed E-state index contributed by atoms with van der Waals surface area (Å²) in [5.41, 5.74) is 6.98. The fourth-order valence-electron chi connectivity index (χ4n) is 1.98. The molecule has 20 heavy (non-hydrogen) atoms. The van der Waals surface area contributed by atoms with Crippen LogP contribution in [0.15, 0.2) is 29.3 Å². The van der Waals surface area contributed by atoms with E-state index in [-0.39, 0.29) is 6.09 Å². The van der Waals surface area contributed by atoms with Crippen molar-refractivity contribution in [2.24, 2.45) is 4.99 Å². The third-order valence-corrected chi connectivity index (χ3v) is 2.89. The molecular weight excluding hydrogens is 254 g/mol. The number of hydrogen-bond donors (Lipinski definition) is 1. The Morgan fingerprint density at radius 1 is 1.35 bits per heavy atom. The molecule has 0 saturated carbocycles. The molecule has 5 heteroatoms. The molecule has 0 saturated heterocycles. The maximum atomic E-state index is 12.1. The molecule has 0 unspecified atom stereocenters. The lowest BCUT2D eigenvalue weighted by atomic mass is 10.1. The molecule has 0 radical (unpaired) electrons. The second kappa shape index (κ2) is 5.53. The average molecular weight is 275 g/mol. The van der Waals surface area contributed by atoms with Crippen LogP contribution in [0.3, 0.4) is 0 Å². The highest BCUT2D eigenvalue weighted by molar-refractivity contribution is 5.97. The SMILES string of the molecule is CC(C)(C)OC(=O)N1CCN=C1Cc1ccc(N)cc1. The summed E-state index contributed by atoms with van der Waals surface area (Å²) in [4.78, 5) is 18.1. The average Bonchev–Trinajstić information content (AvgIpc) is 2.78. The summed E-state index contributed by atoms with van der Waals surface area (Å²) >= 11 is 0. The Hall–Kier alpha value is -2.04. The van der Waals surface area contributed by atoms with E-state index >= 15 is 0 Å². The van der Waals surface area contributed by atoms with Crippen molar-refractivity contribution < 1.29 is 9.53 Å². The van der Waals surface area contributed by atoms with Gasteiger partial charge in [0.15, 0.2) is 0 Å². The quantitative estimate of drug-likeness (QED) is 0.843. The Morgan fingerprint density at radius 3 is 2.60 bits per heavy atom. The molecule has 0 spiro atoms. The second-order valence-corrected chi connectivity index (χ2v) is 5.85. The van der Waals surface area contributed by atoms with Crippen LogP contribution in [0.25, 0.3) is 0 Å². The smallest absolute Gasteiger partial charge is 0.415 e. The molecule has 1 heterocycles. The lowest BCUT2D eigenvalue weighted by molar-refractivity contribution is 0.0382. The van der Waals surface area contributed by atoms with E-state index in [1.165, 1.54) is 0 Å². The van der Waals surface area contributed by atoms with Crippen LogP contribution in [0.4, 0.5) is 10.5 Å². The van der Waals surface area contributed by atoms with Gasteiger partial charge in [0.25, 0.3) is 0 Å². The molecule has 0 atom stereocenters. The summed E-state index contributed by atoms with van der Waals surface area (Å²) < 4.78 is 5.39. The van der Waals surface area contributed by atoms with E-state index in [1.54, 1.807) is 4.90 Å². The van der Waals surface area contributed by atoms with Gasteiger partial charge in [0.05, 0.1) is 13.1 Å². The summed E-state index contributed by atoms with van der Waals surface area (Å²) in [5.74, 6) is 0.754. The van der Waals surface area contributed by atoms with Crippen LogP contribution in [-0.4, -0.2) is 35.5 Å². The third-order valence-electron chi connectivity index (χ3n) is 2.89. The number of anilines is 1. The van der Waals surface area contributed by atoms with E-state index in [0.717, 1.165) is 17.1 Å². The Morgan fingerprint density at radius 2 is 2.00 bits per heavy atom. The molecule has 0 fully saturated rings. The number of rotatable bonds is 2. The van der Waals surface area contributed by atoms with Crippen LogP contribution < -0.4 is 5.73 Å². The third kappa shape index (κ3) is 3.73. The molecule has 2 N–H and O–H groups in total. The number of aliphatic imine (C=N–C) groups is 1. The normalized spacial score (nSPS) is 15.2. The zero-order valence-electron chi connectivity index (χ0n) is 12.2. The van der Waals surface area contributed by atoms with Gasteiger partial charge in [-0.15, -0.1) is 0 Å². The lowest BCUT2D eigenvalue weighted by Gasteiger charge is -2.25. The van der Waals surface area contributed by atoms with Gasteiger partial charge in [0, 0.05) is 12.1 Å². The summed E-state index contributed by atoms with van der Waals surface area (Å²) in [6.07, 6.45) is 0.281. The fraction of sp³-hybridized carbons (Fsp3) is 0.467. The summed E-state index contributed by atoms with van der Waals surface area (Å²) in [6.45, 7) is 6.79. The maximum absolute atomic E-state index is 12.1. The number of ether oxygens (including phenoxy) is 1. The van der Waals surface area contributed by atoms with Crippen LogP contribution in [0.1, 0.15) is 26.3 Å². The molecule has 1 aromatic carbocycles. The molecule has 5 nitrogen and oxygen atoms in total. The topological polar surface area (TPSA) is 67.9 Å². The zero-order chi connectivity index (χ0) is 14.8. The van der Waals surface area contributed by atoms with Crippen molar-refractivity contribution in [2.75, 3.05) is 18.8 Å². The van der Waals surface area contributed by atoms with Crippen molar-refractivity contribution in [3.8, 4) is 0 Å². The standard InChI is InChI=1S/C15H21N3O2/c1-15(2,3)20-14(19)18-9-8-17-13(18)10-11-4-6-12(16)7-5-11/h4-7H,8-10,16H2,1-3H3. The fourth-order valence-corrected chi connectivity index (χ4v) is 1.98. The number of hydrogen-bond acceptors (Lipinski definition) is 4. The first kappa shape index (κ1) is 14.4. The predicted octanol–water partition coefficient (Wildman–Crippen LogP) is 2.46. The highest BCUT2D eigenvalue weighted by atomic mass is 16.6. The molecule has 0 aliphatic carbocycles. The number of nitrogens with zero attached hydrogens (tertiary/aromatic N) is 2. The molecule has 0 bridgehead atoms. The van der Waals surface area contributed by atoms with Crippen molar-refractivity contribution in [2.45, 2.75) is 32.8 Å². The molecule has 2 rings (SSSR count). The summed E-state index contributed by atoms with van der Waals surface area (Å²) in [7, 11) is 0. The Labute approximate surface area is 119 Å². The van der Waals surface area contributed by atoms with E-state index in [0.29, 0.717) is 19.5 Å². The van der Waals surface area contributed by atoms with Gasteiger partial charge in [-0.25, -0.2) is 4.79 Å². The first-order chi connectivity index (χ1) is 9.35. The van der Waals surface area contributed by atoms with Crippen LogP contribution in [0.5, 0.6) is 0 Å². The van der Waals surface area contributed by atoms with E-state index in [1.807, 2.05) is 45.0 Å². The van der Waals surface area contributed by atoms with Crippen molar-refractivity contribution in [3.05, 3.63) is 29.8 Å². The minimum atomic E-state index is -0.494. The molecule has 0 aromatic heterocycles. The molecule has 1 aliphatic heterocycles. The summed E-state index contributed by atoms with van der Waals surface area (Å²) in [6, 6.07) is 7.60. The zero-order valence-corrected chi connectivity index (χ0v) is 12.2. The summed E-state index contributed by atoms with van der Waals surface area (Å²) in [5, 5.41) is 0. The Bertz CT molecular complexity index is 515. The number of amides is 1. The molecular formula is C15H21N3O2. The first-order valence-electron chi connectivity index (χ1n) is 6.73. The van der Waals surface area contributed by atoms with Crippen LogP contribution in [0.2, 0.25) is 0 Å².